The third-order valence-corrected chi connectivity index (χ3v) is 4.59. The minimum absolute atomic E-state index is 0.0763. The van der Waals surface area contributed by atoms with Gasteiger partial charge in [0.1, 0.15) is 5.82 Å². The Hall–Kier alpha value is -2.29. The Bertz CT molecular complexity index is 810. The van der Waals surface area contributed by atoms with Crippen molar-refractivity contribution in [3.63, 3.8) is 0 Å². The van der Waals surface area contributed by atoms with Crippen LogP contribution in [0, 0.1) is 5.82 Å². The molecule has 2 N–H and O–H groups in total. The Morgan fingerprint density at radius 3 is 2.50 bits per heavy atom. The summed E-state index contributed by atoms with van der Waals surface area (Å²) in [5, 5.41) is 2.41. The molecule has 0 atom stereocenters. The van der Waals surface area contributed by atoms with Crippen molar-refractivity contribution in [3.8, 4) is 0 Å². The molecular weight excluding hydrogens is 335 g/mol. The van der Waals surface area contributed by atoms with Crippen molar-refractivity contribution in [1.29, 1.82) is 0 Å². The van der Waals surface area contributed by atoms with E-state index in [1.54, 1.807) is 30.3 Å². The standard InChI is InChI=1S/C16H17FN2O4S/c1-23-10-9-18-24(21,22)13-7-8-15(14(17)11-13)19-16(20)12-5-3-2-4-6-12/h2-8,11,18H,9-10H2,1H3,(H,19,20). The lowest BCUT2D eigenvalue weighted by molar-refractivity contribution is 0.102. The van der Waals surface area contributed by atoms with E-state index in [0.717, 1.165) is 6.07 Å². The first-order valence-electron chi connectivity index (χ1n) is 7.08. The molecule has 0 saturated carbocycles. The number of rotatable bonds is 7. The van der Waals surface area contributed by atoms with E-state index in [2.05, 4.69) is 10.0 Å². The predicted octanol–water partition coefficient (Wildman–Crippen LogP) is 2.00. The van der Waals surface area contributed by atoms with Crippen LogP contribution < -0.4 is 10.0 Å². The van der Waals surface area contributed by atoms with Gasteiger partial charge < -0.3 is 10.1 Å². The monoisotopic (exact) mass is 352 g/mol. The lowest BCUT2D eigenvalue weighted by atomic mass is 10.2. The van der Waals surface area contributed by atoms with Crippen LogP contribution in [-0.4, -0.2) is 34.6 Å². The number of sulfonamides is 1. The third-order valence-electron chi connectivity index (χ3n) is 3.13. The summed E-state index contributed by atoms with van der Waals surface area (Å²) in [6.45, 7) is 0.278. The zero-order valence-electron chi connectivity index (χ0n) is 13.0. The van der Waals surface area contributed by atoms with E-state index in [1.807, 2.05) is 0 Å². The zero-order valence-corrected chi connectivity index (χ0v) is 13.8. The highest BCUT2D eigenvalue weighted by molar-refractivity contribution is 7.89. The summed E-state index contributed by atoms with van der Waals surface area (Å²) in [5.74, 6) is -1.32. The van der Waals surface area contributed by atoms with Crippen molar-refractivity contribution < 1.29 is 22.3 Å². The Balaban J connectivity index is 2.14. The summed E-state index contributed by atoms with van der Waals surface area (Å²) in [7, 11) is -2.39. The molecule has 1 amide bonds. The average Bonchev–Trinajstić information content (AvgIpc) is 2.57. The largest absolute Gasteiger partial charge is 0.383 e. The first-order valence-corrected chi connectivity index (χ1v) is 8.57. The highest BCUT2D eigenvalue weighted by Crippen LogP contribution is 2.19. The number of ether oxygens (including phenoxy) is 1. The van der Waals surface area contributed by atoms with Crippen LogP contribution in [0.5, 0.6) is 0 Å². The van der Waals surface area contributed by atoms with Gasteiger partial charge in [0.25, 0.3) is 5.91 Å². The molecule has 24 heavy (non-hydrogen) atoms. The van der Waals surface area contributed by atoms with Crippen LogP contribution in [0.4, 0.5) is 10.1 Å². The molecule has 0 spiro atoms. The SMILES string of the molecule is COCCNS(=O)(=O)c1ccc(NC(=O)c2ccccc2)c(F)c1. The minimum atomic E-state index is -3.84. The van der Waals surface area contributed by atoms with Gasteiger partial charge in [0.05, 0.1) is 17.2 Å². The molecule has 0 fully saturated rings. The molecule has 2 aromatic rings. The van der Waals surface area contributed by atoms with Crippen molar-refractivity contribution in [2.45, 2.75) is 4.90 Å². The van der Waals surface area contributed by atoms with E-state index in [1.165, 1.54) is 19.2 Å². The second kappa shape index (κ2) is 8.00. The number of hydrogen-bond donors (Lipinski definition) is 2. The number of halogens is 1. The quantitative estimate of drug-likeness (QED) is 0.747. The number of methoxy groups -OCH3 is 1. The fraction of sp³-hybridized carbons (Fsp3) is 0.188. The van der Waals surface area contributed by atoms with Crippen molar-refractivity contribution in [1.82, 2.24) is 4.72 Å². The van der Waals surface area contributed by atoms with Crippen LogP contribution in [0.25, 0.3) is 0 Å². The van der Waals surface area contributed by atoms with Crippen LogP contribution in [-0.2, 0) is 14.8 Å². The maximum Gasteiger partial charge on any atom is 0.255 e. The van der Waals surface area contributed by atoms with Gasteiger partial charge in [-0.3, -0.25) is 4.79 Å². The molecule has 0 unspecified atom stereocenters. The predicted molar refractivity (Wildman–Crippen MR) is 87.9 cm³/mol. The van der Waals surface area contributed by atoms with Gasteiger partial charge in [0, 0.05) is 19.2 Å². The van der Waals surface area contributed by atoms with Crippen molar-refractivity contribution in [2.24, 2.45) is 0 Å². The number of hydrogen-bond acceptors (Lipinski definition) is 4. The van der Waals surface area contributed by atoms with E-state index in [9.17, 15) is 17.6 Å². The Kier molecular flexibility index (Phi) is 6.02. The summed E-state index contributed by atoms with van der Waals surface area (Å²) >= 11 is 0. The number of carbonyl (C=O) groups excluding carboxylic acids is 1. The summed E-state index contributed by atoms with van der Waals surface area (Å²) in [6, 6.07) is 11.6. The first-order chi connectivity index (χ1) is 11.4. The maximum atomic E-state index is 14.1. The van der Waals surface area contributed by atoms with E-state index < -0.39 is 21.7 Å². The number of nitrogens with one attached hydrogen (secondary N) is 2. The normalized spacial score (nSPS) is 11.2. The highest BCUT2D eigenvalue weighted by Gasteiger charge is 2.17. The second-order valence-corrected chi connectivity index (χ2v) is 6.62. The van der Waals surface area contributed by atoms with Gasteiger partial charge in [-0.1, -0.05) is 18.2 Å². The number of anilines is 1. The summed E-state index contributed by atoms with van der Waals surface area (Å²) in [6.07, 6.45) is 0. The highest BCUT2D eigenvalue weighted by atomic mass is 32.2. The first kappa shape index (κ1) is 18.1. The van der Waals surface area contributed by atoms with E-state index in [0.29, 0.717) is 5.56 Å². The molecule has 0 aliphatic carbocycles. The number of carbonyl (C=O) groups is 1. The van der Waals surface area contributed by atoms with Gasteiger partial charge in [0.15, 0.2) is 0 Å². The van der Waals surface area contributed by atoms with Crippen LogP contribution in [0.1, 0.15) is 10.4 Å². The molecule has 0 radical (unpaired) electrons. The van der Waals surface area contributed by atoms with Gasteiger partial charge in [-0.05, 0) is 30.3 Å². The molecule has 0 saturated heterocycles. The van der Waals surface area contributed by atoms with Crippen LogP contribution >= 0.6 is 0 Å². The number of amides is 1. The fourth-order valence-corrected chi connectivity index (χ4v) is 2.93. The van der Waals surface area contributed by atoms with Gasteiger partial charge in [-0.2, -0.15) is 0 Å². The minimum Gasteiger partial charge on any atom is -0.383 e. The molecular formula is C16H17FN2O4S. The van der Waals surface area contributed by atoms with E-state index >= 15 is 0 Å². The molecule has 128 valence electrons. The van der Waals surface area contributed by atoms with Gasteiger partial charge in [-0.15, -0.1) is 0 Å². The second-order valence-electron chi connectivity index (χ2n) is 4.85. The van der Waals surface area contributed by atoms with E-state index in [4.69, 9.17) is 4.74 Å². The summed E-state index contributed by atoms with van der Waals surface area (Å²) in [4.78, 5) is 11.8. The van der Waals surface area contributed by atoms with Crippen LogP contribution in [0.2, 0.25) is 0 Å². The molecule has 0 aliphatic rings. The smallest absolute Gasteiger partial charge is 0.255 e. The van der Waals surface area contributed by atoms with Crippen LogP contribution in [0.15, 0.2) is 53.4 Å². The molecule has 8 heteroatoms. The molecule has 0 aromatic heterocycles. The molecule has 0 aliphatic heterocycles. The third kappa shape index (κ3) is 4.60. The van der Waals surface area contributed by atoms with Crippen LogP contribution in [0.3, 0.4) is 0 Å². The Morgan fingerprint density at radius 2 is 1.88 bits per heavy atom. The van der Waals surface area contributed by atoms with Gasteiger partial charge in [0.2, 0.25) is 10.0 Å². The van der Waals surface area contributed by atoms with Crippen molar-refractivity contribution in [2.75, 3.05) is 25.6 Å². The van der Waals surface area contributed by atoms with Crippen molar-refractivity contribution >= 4 is 21.6 Å². The lowest BCUT2D eigenvalue weighted by Gasteiger charge is -2.10. The fourth-order valence-electron chi connectivity index (χ4n) is 1.91. The molecule has 0 bridgehead atoms. The maximum absolute atomic E-state index is 14.1. The van der Waals surface area contributed by atoms with E-state index in [-0.39, 0.29) is 23.7 Å². The van der Waals surface area contributed by atoms with Gasteiger partial charge in [-0.25, -0.2) is 17.5 Å². The molecule has 0 heterocycles. The van der Waals surface area contributed by atoms with Gasteiger partial charge >= 0.3 is 0 Å². The number of benzene rings is 2. The molecule has 2 aromatic carbocycles. The lowest BCUT2D eigenvalue weighted by Crippen LogP contribution is -2.27. The molecule has 2 rings (SSSR count). The Labute approximate surface area is 139 Å². The Morgan fingerprint density at radius 1 is 1.17 bits per heavy atom. The topological polar surface area (TPSA) is 84.5 Å². The summed E-state index contributed by atoms with van der Waals surface area (Å²) in [5.41, 5.74) is 0.273. The van der Waals surface area contributed by atoms with Crippen molar-refractivity contribution in [3.05, 3.63) is 59.9 Å². The summed E-state index contributed by atoms with van der Waals surface area (Å²) < 4.78 is 45.1. The molecule has 6 nitrogen and oxygen atoms in total. The average molecular weight is 352 g/mol. The zero-order chi connectivity index (χ0) is 17.6.